The Morgan fingerprint density at radius 1 is 0.750 bits per heavy atom. The number of nitrogens with zero attached hydrogens (tertiary/aromatic N) is 8. The first-order valence-electron chi connectivity index (χ1n) is 13.8. The number of halogens is 1. The highest BCUT2D eigenvalue weighted by atomic mass is 35.5. The van der Waals surface area contributed by atoms with E-state index in [0.717, 1.165) is 28.2 Å². The largest absolute Gasteiger partial charge is 0.454 e. The van der Waals surface area contributed by atoms with Gasteiger partial charge in [-0.3, -0.25) is 30.2 Å². The van der Waals surface area contributed by atoms with E-state index in [-0.39, 0.29) is 21.9 Å². The summed E-state index contributed by atoms with van der Waals surface area (Å²) in [4.78, 5) is 47.9. The van der Waals surface area contributed by atoms with Gasteiger partial charge in [0, 0.05) is 31.1 Å². The van der Waals surface area contributed by atoms with E-state index in [1.807, 2.05) is 24.3 Å². The summed E-state index contributed by atoms with van der Waals surface area (Å²) in [5.41, 5.74) is 2.13. The molecule has 0 aliphatic carbocycles. The van der Waals surface area contributed by atoms with E-state index >= 15 is 0 Å². The average Bonchev–Trinajstić information content (AvgIpc) is 3.87. The third-order valence-corrected chi connectivity index (χ3v) is 9.01. The maximum atomic E-state index is 11.2. The van der Waals surface area contributed by atoms with E-state index in [9.17, 15) is 20.2 Å². The molecule has 7 aromatic rings. The van der Waals surface area contributed by atoms with Gasteiger partial charge < -0.3 is 14.8 Å². The van der Waals surface area contributed by atoms with E-state index in [0.29, 0.717) is 67.3 Å². The Morgan fingerprint density at radius 3 is 1.98 bits per heavy atom. The SMILES string of the molecule is O=[N+]([O-])c1cc2c(Cl)nc(-c3ccccn3)nc2s1.O=[N+]([O-])c1cc2c(NCc3ccc4c(c3)OCO4)nc(-c3ccccn3)nc2s1. The topological polar surface area (TPSA) is 194 Å². The van der Waals surface area contributed by atoms with Gasteiger partial charge in [0.15, 0.2) is 23.1 Å². The highest BCUT2D eigenvalue weighted by Crippen LogP contribution is 2.37. The summed E-state index contributed by atoms with van der Waals surface area (Å²) in [6.07, 6.45) is 3.27. The molecule has 1 N–H and O–H groups in total. The van der Waals surface area contributed by atoms with E-state index in [4.69, 9.17) is 21.1 Å². The van der Waals surface area contributed by atoms with Gasteiger partial charge in [-0.15, -0.1) is 0 Å². The van der Waals surface area contributed by atoms with Gasteiger partial charge >= 0.3 is 10.0 Å². The Kier molecular flexibility index (Phi) is 8.37. The van der Waals surface area contributed by atoms with Crippen LogP contribution in [0.15, 0.2) is 79.1 Å². The van der Waals surface area contributed by atoms with Crippen LogP contribution in [0.1, 0.15) is 5.56 Å². The van der Waals surface area contributed by atoms with Crippen LogP contribution in [0.3, 0.4) is 0 Å². The van der Waals surface area contributed by atoms with Crippen LogP contribution in [-0.4, -0.2) is 46.5 Å². The summed E-state index contributed by atoms with van der Waals surface area (Å²) >= 11 is 8.01. The van der Waals surface area contributed by atoms with Crippen LogP contribution < -0.4 is 14.8 Å². The molecule has 0 amide bonds. The summed E-state index contributed by atoms with van der Waals surface area (Å²) in [7, 11) is 0. The predicted molar refractivity (Wildman–Crippen MR) is 180 cm³/mol. The lowest BCUT2D eigenvalue weighted by Gasteiger charge is -2.09. The van der Waals surface area contributed by atoms with E-state index < -0.39 is 9.85 Å². The molecule has 1 aromatic carbocycles. The minimum absolute atomic E-state index is 0.00984. The Bertz CT molecular complexity index is 2320. The molecule has 15 nitrogen and oxygen atoms in total. The summed E-state index contributed by atoms with van der Waals surface area (Å²) in [6, 6.07) is 19.3. The number of nitro groups is 2. The van der Waals surface area contributed by atoms with Crippen molar-refractivity contribution in [3.8, 4) is 34.5 Å². The maximum absolute atomic E-state index is 11.2. The van der Waals surface area contributed by atoms with Crippen LogP contribution in [-0.2, 0) is 6.54 Å². The van der Waals surface area contributed by atoms with Crippen molar-refractivity contribution in [2.24, 2.45) is 0 Å². The number of fused-ring (bicyclic) bond motifs is 3. The smallest absolute Gasteiger partial charge is 0.326 e. The minimum atomic E-state index is -0.469. The molecular weight excluding hydrogens is 682 g/mol. The normalized spacial score (nSPS) is 11.7. The monoisotopic (exact) mass is 699 g/mol. The van der Waals surface area contributed by atoms with Crippen LogP contribution in [0.25, 0.3) is 43.5 Å². The van der Waals surface area contributed by atoms with Gasteiger partial charge in [-0.05, 0) is 64.6 Å². The van der Waals surface area contributed by atoms with Gasteiger partial charge in [0.1, 0.15) is 32.0 Å². The van der Waals surface area contributed by atoms with Crippen molar-refractivity contribution >= 4 is 70.5 Å². The van der Waals surface area contributed by atoms with Gasteiger partial charge in [0.2, 0.25) is 6.79 Å². The van der Waals surface area contributed by atoms with Crippen LogP contribution in [0, 0.1) is 20.2 Å². The summed E-state index contributed by atoms with van der Waals surface area (Å²) < 4.78 is 10.7. The lowest BCUT2D eigenvalue weighted by atomic mass is 10.2. The zero-order chi connectivity index (χ0) is 33.2. The summed E-state index contributed by atoms with van der Waals surface area (Å²) in [6.45, 7) is 0.665. The van der Waals surface area contributed by atoms with Crippen molar-refractivity contribution in [3.63, 3.8) is 0 Å². The molecule has 0 spiro atoms. The number of nitrogens with one attached hydrogen (secondary N) is 1. The molecule has 48 heavy (non-hydrogen) atoms. The Balaban J connectivity index is 0.000000166. The molecule has 0 atom stereocenters. The third kappa shape index (κ3) is 6.37. The van der Waals surface area contributed by atoms with Crippen molar-refractivity contribution in [2.75, 3.05) is 12.1 Å². The van der Waals surface area contributed by atoms with Gasteiger partial charge in [0.05, 0.1) is 20.6 Å². The highest BCUT2D eigenvalue weighted by Gasteiger charge is 2.20. The summed E-state index contributed by atoms with van der Waals surface area (Å²) in [5.74, 6) is 2.68. The average molecular weight is 700 g/mol. The number of ether oxygens (including phenoxy) is 2. The summed E-state index contributed by atoms with van der Waals surface area (Å²) in [5, 5.41) is 26.5. The van der Waals surface area contributed by atoms with Crippen molar-refractivity contribution < 1.29 is 19.3 Å². The van der Waals surface area contributed by atoms with Crippen molar-refractivity contribution in [3.05, 3.63) is 110 Å². The van der Waals surface area contributed by atoms with Crippen LogP contribution >= 0.6 is 34.3 Å². The van der Waals surface area contributed by atoms with Gasteiger partial charge in [-0.25, -0.2) is 19.9 Å². The van der Waals surface area contributed by atoms with Crippen LogP contribution in [0.4, 0.5) is 15.8 Å². The second-order valence-corrected chi connectivity index (χ2v) is 12.2. The first-order valence-corrected chi connectivity index (χ1v) is 15.9. The van der Waals surface area contributed by atoms with Crippen LogP contribution in [0.5, 0.6) is 11.5 Å². The molecule has 7 heterocycles. The van der Waals surface area contributed by atoms with Gasteiger partial charge in [0.25, 0.3) is 0 Å². The van der Waals surface area contributed by atoms with Crippen LogP contribution in [0.2, 0.25) is 5.15 Å². The number of aromatic nitrogens is 6. The molecule has 6 aromatic heterocycles. The van der Waals surface area contributed by atoms with Gasteiger partial charge in [-0.2, -0.15) is 0 Å². The second-order valence-electron chi connectivity index (χ2n) is 9.83. The predicted octanol–water partition coefficient (Wildman–Crippen LogP) is 7.32. The van der Waals surface area contributed by atoms with E-state index in [2.05, 4.69) is 35.2 Å². The van der Waals surface area contributed by atoms with Crippen molar-refractivity contribution in [1.82, 2.24) is 29.9 Å². The molecule has 1 aliphatic heterocycles. The Labute approximate surface area is 282 Å². The molecular formula is C30H18ClN9O6S2. The molecule has 0 unspecified atom stereocenters. The molecule has 18 heteroatoms. The number of hydrogen-bond donors (Lipinski definition) is 1. The quantitative estimate of drug-likeness (QED) is 0.0988. The molecule has 0 saturated carbocycles. The van der Waals surface area contributed by atoms with E-state index in [1.54, 1.807) is 42.7 Å². The molecule has 0 saturated heterocycles. The fourth-order valence-electron chi connectivity index (χ4n) is 4.55. The number of benzene rings is 1. The standard InChI is InChI=1S/C19H13N5O4S.C11H5ClN4O2S/c25-24(26)16-8-12-17(21-9-11-4-5-14-15(7-11)28-10-27-14)22-18(23-19(12)29-16)13-3-1-2-6-20-13;12-9-6-5-8(16(17)18)19-11(6)15-10(14-9)7-3-1-2-4-13-7/h1-8H,9-10H2,(H,21,22,23);1-5H. The molecule has 0 bridgehead atoms. The molecule has 8 rings (SSSR count). The minimum Gasteiger partial charge on any atom is -0.454 e. The number of pyridine rings is 2. The third-order valence-electron chi connectivity index (χ3n) is 6.76. The zero-order valence-electron chi connectivity index (χ0n) is 24.1. The van der Waals surface area contributed by atoms with E-state index in [1.165, 1.54) is 12.1 Å². The molecule has 0 fully saturated rings. The fourth-order valence-corrected chi connectivity index (χ4v) is 6.53. The number of anilines is 1. The fraction of sp³-hybridized carbons (Fsp3) is 0.0667. The van der Waals surface area contributed by atoms with Crippen molar-refractivity contribution in [2.45, 2.75) is 6.54 Å². The lowest BCUT2D eigenvalue weighted by Crippen LogP contribution is -2.04. The highest BCUT2D eigenvalue weighted by molar-refractivity contribution is 7.22. The number of hydrogen-bond acceptors (Lipinski definition) is 15. The first-order chi connectivity index (χ1) is 23.3. The van der Waals surface area contributed by atoms with Crippen molar-refractivity contribution in [1.29, 1.82) is 0 Å². The maximum Gasteiger partial charge on any atom is 0.326 e. The Morgan fingerprint density at radius 2 is 1.35 bits per heavy atom. The Hall–Kier alpha value is -5.91. The zero-order valence-corrected chi connectivity index (χ0v) is 26.5. The number of thiophene rings is 2. The molecule has 0 radical (unpaired) electrons. The lowest BCUT2D eigenvalue weighted by molar-refractivity contribution is -0.380. The number of rotatable bonds is 7. The first kappa shape index (κ1) is 30.7. The molecule has 238 valence electrons. The van der Waals surface area contributed by atoms with Gasteiger partial charge in [-0.1, -0.05) is 29.8 Å². The molecule has 1 aliphatic rings. The second kappa shape index (κ2) is 13.1.